The lowest BCUT2D eigenvalue weighted by atomic mass is 10.0. The predicted octanol–water partition coefficient (Wildman–Crippen LogP) is 3.73. The first-order valence-corrected chi connectivity index (χ1v) is 4.66. The topological polar surface area (TPSA) is 23.8 Å². The van der Waals surface area contributed by atoms with E-state index < -0.39 is 0 Å². The predicted molar refractivity (Wildman–Crippen MR) is 53.2 cm³/mol. The Bertz CT molecular complexity index is 310. The van der Waals surface area contributed by atoms with Crippen molar-refractivity contribution in [1.82, 2.24) is 0 Å². The maximum absolute atomic E-state index is 8.66. The average Bonchev–Trinajstić information content (AvgIpc) is 2.01. The van der Waals surface area contributed by atoms with Crippen LogP contribution in [0.2, 0.25) is 5.02 Å². The van der Waals surface area contributed by atoms with E-state index in [1.54, 1.807) is 12.1 Å². The van der Waals surface area contributed by atoms with Gasteiger partial charge in [-0.2, -0.15) is 5.26 Å². The van der Waals surface area contributed by atoms with Crippen molar-refractivity contribution >= 4 is 27.5 Å². The Morgan fingerprint density at radius 3 is 2.67 bits per heavy atom. The third-order valence-electron chi connectivity index (χ3n) is 1.58. The van der Waals surface area contributed by atoms with Gasteiger partial charge in [0, 0.05) is 9.50 Å². The van der Waals surface area contributed by atoms with Gasteiger partial charge in [0.15, 0.2) is 0 Å². The van der Waals surface area contributed by atoms with Crippen LogP contribution in [0.4, 0.5) is 0 Å². The van der Waals surface area contributed by atoms with Crippen molar-refractivity contribution < 1.29 is 0 Å². The number of rotatable bonds is 1. The van der Waals surface area contributed by atoms with E-state index in [1.807, 2.05) is 13.0 Å². The van der Waals surface area contributed by atoms with Gasteiger partial charge in [-0.3, -0.25) is 0 Å². The van der Waals surface area contributed by atoms with Gasteiger partial charge in [0.2, 0.25) is 0 Å². The van der Waals surface area contributed by atoms with E-state index in [4.69, 9.17) is 16.9 Å². The molecule has 0 radical (unpaired) electrons. The maximum atomic E-state index is 8.66. The van der Waals surface area contributed by atoms with Gasteiger partial charge in [-0.15, -0.1) is 0 Å². The van der Waals surface area contributed by atoms with Gasteiger partial charge in [0.05, 0.1) is 12.0 Å². The molecule has 0 aliphatic heterocycles. The average molecular weight is 245 g/mol. The number of hydrogen-bond donors (Lipinski definition) is 0. The van der Waals surface area contributed by atoms with Gasteiger partial charge in [-0.1, -0.05) is 27.5 Å². The summed E-state index contributed by atoms with van der Waals surface area (Å²) in [5.41, 5.74) is 0.942. The molecule has 62 valence electrons. The molecule has 1 atom stereocenters. The van der Waals surface area contributed by atoms with Crippen molar-refractivity contribution in [3.63, 3.8) is 0 Å². The van der Waals surface area contributed by atoms with E-state index in [9.17, 15) is 0 Å². The lowest BCUT2D eigenvalue weighted by Gasteiger charge is -2.03. The summed E-state index contributed by atoms with van der Waals surface area (Å²) >= 11 is 9.13. The first kappa shape index (κ1) is 9.57. The summed E-state index contributed by atoms with van der Waals surface area (Å²) in [6.45, 7) is 1.85. The molecule has 0 spiro atoms. The van der Waals surface area contributed by atoms with E-state index in [-0.39, 0.29) is 5.92 Å². The van der Waals surface area contributed by atoms with Gasteiger partial charge in [0.1, 0.15) is 0 Å². The van der Waals surface area contributed by atoms with Crippen LogP contribution in [0.15, 0.2) is 22.7 Å². The zero-order chi connectivity index (χ0) is 9.14. The summed E-state index contributed by atoms with van der Waals surface area (Å²) in [6.07, 6.45) is 0. The Morgan fingerprint density at radius 2 is 2.17 bits per heavy atom. The summed E-state index contributed by atoms with van der Waals surface area (Å²) in [5, 5.41) is 9.32. The smallest absolute Gasteiger partial charge is 0.0700 e. The second-order valence-electron chi connectivity index (χ2n) is 2.55. The number of nitriles is 1. The Labute approximate surface area is 85.1 Å². The molecular weight excluding hydrogens is 237 g/mol. The lowest BCUT2D eigenvalue weighted by Crippen LogP contribution is -1.88. The van der Waals surface area contributed by atoms with Crippen LogP contribution in [-0.4, -0.2) is 0 Å². The number of halogens is 2. The first-order valence-electron chi connectivity index (χ1n) is 3.49. The van der Waals surface area contributed by atoms with Crippen LogP contribution in [-0.2, 0) is 0 Å². The van der Waals surface area contributed by atoms with Crippen LogP contribution in [0.1, 0.15) is 18.4 Å². The molecule has 0 aromatic heterocycles. The highest BCUT2D eigenvalue weighted by Crippen LogP contribution is 2.24. The molecule has 1 unspecified atom stereocenters. The molecule has 0 amide bonds. The van der Waals surface area contributed by atoms with Crippen molar-refractivity contribution in [3.8, 4) is 6.07 Å². The number of nitrogens with zero attached hydrogens (tertiary/aromatic N) is 1. The first-order chi connectivity index (χ1) is 5.63. The van der Waals surface area contributed by atoms with Gasteiger partial charge < -0.3 is 0 Å². The highest BCUT2D eigenvalue weighted by molar-refractivity contribution is 9.10. The minimum atomic E-state index is -0.111. The molecule has 3 heteroatoms. The summed E-state index contributed by atoms with van der Waals surface area (Å²) in [7, 11) is 0. The fourth-order valence-corrected chi connectivity index (χ4v) is 1.79. The Kier molecular flexibility index (Phi) is 3.13. The molecule has 0 aliphatic carbocycles. The van der Waals surface area contributed by atoms with Crippen LogP contribution in [0.5, 0.6) is 0 Å². The largest absolute Gasteiger partial charge is 0.198 e. The second kappa shape index (κ2) is 3.93. The van der Waals surface area contributed by atoms with Crippen molar-refractivity contribution in [2.24, 2.45) is 0 Å². The molecule has 0 aliphatic rings. The Balaban J connectivity index is 3.10. The van der Waals surface area contributed by atoms with Gasteiger partial charge >= 0.3 is 0 Å². The van der Waals surface area contributed by atoms with E-state index in [2.05, 4.69) is 22.0 Å². The van der Waals surface area contributed by atoms with E-state index >= 15 is 0 Å². The molecule has 0 N–H and O–H groups in total. The fraction of sp³-hybridized carbons (Fsp3) is 0.222. The van der Waals surface area contributed by atoms with Gasteiger partial charge in [-0.25, -0.2) is 0 Å². The van der Waals surface area contributed by atoms with E-state index in [1.165, 1.54) is 0 Å². The SMILES string of the molecule is CC(C#N)c1cc(Cl)cc(Br)c1. The Morgan fingerprint density at radius 1 is 1.50 bits per heavy atom. The zero-order valence-electron chi connectivity index (χ0n) is 6.51. The molecule has 1 nitrogen and oxygen atoms in total. The molecule has 0 saturated heterocycles. The van der Waals surface area contributed by atoms with Crippen molar-refractivity contribution in [2.75, 3.05) is 0 Å². The summed E-state index contributed by atoms with van der Waals surface area (Å²) in [6, 6.07) is 7.67. The fourth-order valence-electron chi connectivity index (χ4n) is 0.900. The monoisotopic (exact) mass is 243 g/mol. The third-order valence-corrected chi connectivity index (χ3v) is 2.25. The Hall–Kier alpha value is -0.520. The second-order valence-corrected chi connectivity index (χ2v) is 3.91. The van der Waals surface area contributed by atoms with Crippen LogP contribution in [0.25, 0.3) is 0 Å². The normalized spacial score (nSPS) is 12.2. The number of hydrogen-bond acceptors (Lipinski definition) is 1. The highest BCUT2D eigenvalue weighted by atomic mass is 79.9. The van der Waals surface area contributed by atoms with Crippen LogP contribution in [0.3, 0.4) is 0 Å². The molecule has 12 heavy (non-hydrogen) atoms. The maximum Gasteiger partial charge on any atom is 0.0700 e. The molecule has 0 fully saturated rings. The minimum absolute atomic E-state index is 0.111. The third kappa shape index (κ3) is 2.23. The van der Waals surface area contributed by atoms with Gasteiger partial charge in [0.25, 0.3) is 0 Å². The van der Waals surface area contributed by atoms with Crippen molar-refractivity contribution in [1.29, 1.82) is 5.26 Å². The lowest BCUT2D eigenvalue weighted by molar-refractivity contribution is 0.980. The summed E-state index contributed by atoms with van der Waals surface area (Å²) in [4.78, 5) is 0. The summed E-state index contributed by atoms with van der Waals surface area (Å²) < 4.78 is 0.909. The minimum Gasteiger partial charge on any atom is -0.198 e. The number of benzene rings is 1. The molecule has 1 aromatic rings. The standard InChI is InChI=1S/C9H7BrClN/c1-6(5-12)7-2-8(10)4-9(11)3-7/h2-4,6H,1H3. The zero-order valence-corrected chi connectivity index (χ0v) is 8.85. The molecule has 1 aromatic carbocycles. The molecule has 0 bridgehead atoms. The van der Waals surface area contributed by atoms with Crippen LogP contribution < -0.4 is 0 Å². The summed E-state index contributed by atoms with van der Waals surface area (Å²) in [5.74, 6) is -0.111. The van der Waals surface area contributed by atoms with Crippen LogP contribution >= 0.6 is 27.5 Å². The van der Waals surface area contributed by atoms with E-state index in [0.717, 1.165) is 10.0 Å². The van der Waals surface area contributed by atoms with E-state index in [0.29, 0.717) is 5.02 Å². The molecule has 1 rings (SSSR count). The highest BCUT2D eigenvalue weighted by Gasteiger charge is 2.05. The molecular formula is C9H7BrClN. The molecule has 0 heterocycles. The molecule has 0 saturated carbocycles. The van der Waals surface area contributed by atoms with Crippen molar-refractivity contribution in [2.45, 2.75) is 12.8 Å². The van der Waals surface area contributed by atoms with Crippen LogP contribution in [0, 0.1) is 11.3 Å². The van der Waals surface area contributed by atoms with Gasteiger partial charge in [-0.05, 0) is 30.7 Å². The quantitative estimate of drug-likeness (QED) is 0.738. The van der Waals surface area contributed by atoms with Crippen molar-refractivity contribution in [3.05, 3.63) is 33.3 Å².